The van der Waals surface area contributed by atoms with Gasteiger partial charge in [-0.15, -0.1) is 0 Å². The smallest absolute Gasteiger partial charge is 0.276 e. The zero-order valence-corrected chi connectivity index (χ0v) is 11.3. The maximum Gasteiger partial charge on any atom is 0.276 e. The van der Waals surface area contributed by atoms with Gasteiger partial charge in [-0.2, -0.15) is 0 Å². The van der Waals surface area contributed by atoms with Crippen LogP contribution in [0, 0.1) is 17.0 Å². The Labute approximate surface area is 116 Å². The lowest BCUT2D eigenvalue weighted by molar-refractivity contribution is -0.385. The Morgan fingerprint density at radius 1 is 1.40 bits per heavy atom. The van der Waals surface area contributed by atoms with Crippen molar-refractivity contribution in [2.24, 2.45) is 0 Å². The number of rotatable bonds is 5. The van der Waals surface area contributed by atoms with E-state index < -0.39 is 4.92 Å². The second-order valence-electron chi connectivity index (χ2n) is 4.20. The molecule has 0 aliphatic carbocycles. The van der Waals surface area contributed by atoms with E-state index >= 15 is 0 Å². The minimum absolute atomic E-state index is 0.0401. The topological polar surface area (TPSA) is 77.3 Å². The first kappa shape index (κ1) is 13.8. The summed E-state index contributed by atoms with van der Waals surface area (Å²) >= 11 is 0. The van der Waals surface area contributed by atoms with Crippen LogP contribution < -0.4 is 10.1 Å². The van der Waals surface area contributed by atoms with Gasteiger partial charge in [0.25, 0.3) is 5.69 Å². The molecule has 0 amide bonds. The van der Waals surface area contributed by atoms with Crippen LogP contribution in [0.5, 0.6) is 11.5 Å². The molecule has 0 bridgehead atoms. The summed E-state index contributed by atoms with van der Waals surface area (Å²) in [7, 11) is 0. The molecule has 0 saturated heterocycles. The Balaban J connectivity index is 2.28. The summed E-state index contributed by atoms with van der Waals surface area (Å²) < 4.78 is 5.68. The number of anilines is 1. The van der Waals surface area contributed by atoms with Crippen LogP contribution in [0.1, 0.15) is 12.5 Å². The number of aromatic nitrogens is 1. The molecule has 104 valence electrons. The molecule has 0 aliphatic heterocycles. The second kappa shape index (κ2) is 6.01. The van der Waals surface area contributed by atoms with Gasteiger partial charge in [0, 0.05) is 18.7 Å². The van der Waals surface area contributed by atoms with Gasteiger partial charge in [0.2, 0.25) is 0 Å². The van der Waals surface area contributed by atoms with Crippen molar-refractivity contribution in [1.29, 1.82) is 0 Å². The number of nitrogens with zero attached hydrogens (tertiary/aromatic N) is 2. The molecule has 0 spiro atoms. The van der Waals surface area contributed by atoms with Gasteiger partial charge in [-0.05, 0) is 19.9 Å². The first-order valence-corrected chi connectivity index (χ1v) is 6.22. The monoisotopic (exact) mass is 273 g/mol. The fraction of sp³-hybridized carbons (Fsp3) is 0.214. The van der Waals surface area contributed by atoms with Crippen LogP contribution in [-0.4, -0.2) is 16.5 Å². The standard InChI is InChI=1S/C14H15N3O3/c1-3-16-11-7-12(9-15-8-11)20-14-6-4-5-13(10(14)2)17(18)19/h4-9,16H,3H2,1-2H3. The van der Waals surface area contributed by atoms with Crippen molar-refractivity contribution in [3.63, 3.8) is 0 Å². The van der Waals surface area contributed by atoms with Gasteiger partial charge in [0.05, 0.1) is 28.6 Å². The molecule has 6 nitrogen and oxygen atoms in total. The van der Waals surface area contributed by atoms with Crippen molar-refractivity contribution in [1.82, 2.24) is 4.98 Å². The molecule has 1 heterocycles. The molecule has 0 atom stereocenters. The van der Waals surface area contributed by atoms with Crippen LogP contribution in [0.2, 0.25) is 0 Å². The lowest BCUT2D eigenvalue weighted by Gasteiger charge is -2.10. The van der Waals surface area contributed by atoms with Crippen molar-refractivity contribution in [3.05, 3.63) is 52.3 Å². The third-order valence-corrected chi connectivity index (χ3v) is 2.77. The molecule has 0 fully saturated rings. The second-order valence-corrected chi connectivity index (χ2v) is 4.20. The maximum atomic E-state index is 10.9. The minimum atomic E-state index is -0.421. The largest absolute Gasteiger partial charge is 0.455 e. The zero-order chi connectivity index (χ0) is 14.5. The molecule has 1 aromatic carbocycles. The molecule has 6 heteroatoms. The minimum Gasteiger partial charge on any atom is -0.455 e. The average molecular weight is 273 g/mol. The molecule has 0 saturated carbocycles. The van der Waals surface area contributed by atoms with E-state index in [9.17, 15) is 10.1 Å². The van der Waals surface area contributed by atoms with E-state index in [2.05, 4.69) is 10.3 Å². The Kier molecular flexibility index (Phi) is 4.14. The summed E-state index contributed by atoms with van der Waals surface area (Å²) in [6, 6.07) is 6.55. The summed E-state index contributed by atoms with van der Waals surface area (Å²) in [4.78, 5) is 14.5. The highest BCUT2D eigenvalue weighted by molar-refractivity contribution is 5.51. The summed E-state index contributed by atoms with van der Waals surface area (Å²) in [6.07, 6.45) is 3.26. The van der Waals surface area contributed by atoms with Crippen molar-refractivity contribution >= 4 is 11.4 Å². The van der Waals surface area contributed by atoms with Gasteiger partial charge < -0.3 is 10.1 Å². The average Bonchev–Trinajstić information content (AvgIpc) is 2.42. The number of nitro benzene ring substituents is 1. The normalized spacial score (nSPS) is 10.1. The number of hydrogen-bond donors (Lipinski definition) is 1. The number of nitro groups is 1. The summed E-state index contributed by atoms with van der Waals surface area (Å²) in [5.74, 6) is 0.988. The molecule has 20 heavy (non-hydrogen) atoms. The number of hydrogen-bond acceptors (Lipinski definition) is 5. The quantitative estimate of drug-likeness (QED) is 0.666. The number of nitrogens with one attached hydrogen (secondary N) is 1. The SMILES string of the molecule is CCNc1cncc(Oc2cccc([N+](=O)[O-])c2C)c1. The highest BCUT2D eigenvalue weighted by Crippen LogP contribution is 2.31. The lowest BCUT2D eigenvalue weighted by Crippen LogP contribution is -1.98. The maximum absolute atomic E-state index is 10.9. The molecule has 0 unspecified atom stereocenters. The van der Waals surface area contributed by atoms with E-state index in [0.29, 0.717) is 17.1 Å². The zero-order valence-electron chi connectivity index (χ0n) is 11.3. The third-order valence-electron chi connectivity index (χ3n) is 2.77. The first-order valence-electron chi connectivity index (χ1n) is 6.22. The predicted molar refractivity (Wildman–Crippen MR) is 76.3 cm³/mol. The first-order chi connectivity index (χ1) is 9.61. The van der Waals surface area contributed by atoms with Crippen LogP contribution in [-0.2, 0) is 0 Å². The van der Waals surface area contributed by atoms with E-state index in [4.69, 9.17) is 4.74 Å². The summed E-state index contributed by atoms with van der Waals surface area (Å²) in [5, 5.41) is 14.0. The molecule has 1 N–H and O–H groups in total. The number of pyridine rings is 1. The number of benzene rings is 1. The predicted octanol–water partition coefficient (Wildman–Crippen LogP) is 3.52. The highest BCUT2D eigenvalue weighted by atomic mass is 16.6. The summed E-state index contributed by atoms with van der Waals surface area (Å²) in [6.45, 7) is 4.42. The van der Waals surface area contributed by atoms with Crippen LogP contribution in [0.3, 0.4) is 0 Å². The van der Waals surface area contributed by atoms with E-state index in [1.54, 1.807) is 37.5 Å². The van der Waals surface area contributed by atoms with Crippen molar-refractivity contribution in [2.75, 3.05) is 11.9 Å². The van der Waals surface area contributed by atoms with Crippen molar-refractivity contribution in [3.8, 4) is 11.5 Å². The van der Waals surface area contributed by atoms with E-state index in [-0.39, 0.29) is 5.69 Å². The fourth-order valence-electron chi connectivity index (χ4n) is 1.81. The van der Waals surface area contributed by atoms with Crippen LogP contribution in [0.15, 0.2) is 36.7 Å². The van der Waals surface area contributed by atoms with E-state index in [0.717, 1.165) is 12.2 Å². The third kappa shape index (κ3) is 3.03. The molecular formula is C14H15N3O3. The van der Waals surface area contributed by atoms with Gasteiger partial charge in [-0.1, -0.05) is 6.07 Å². The Hall–Kier alpha value is -2.63. The van der Waals surface area contributed by atoms with Crippen molar-refractivity contribution in [2.45, 2.75) is 13.8 Å². The Morgan fingerprint density at radius 3 is 2.90 bits per heavy atom. The van der Waals surface area contributed by atoms with Gasteiger partial charge in [-0.3, -0.25) is 15.1 Å². The van der Waals surface area contributed by atoms with Crippen LogP contribution in [0.25, 0.3) is 0 Å². The van der Waals surface area contributed by atoms with Crippen LogP contribution >= 0.6 is 0 Å². The van der Waals surface area contributed by atoms with Gasteiger partial charge in [0.15, 0.2) is 0 Å². The molecule has 0 aliphatic rings. The molecule has 2 rings (SSSR count). The Bertz CT molecular complexity index is 629. The number of ether oxygens (including phenoxy) is 1. The van der Waals surface area contributed by atoms with E-state index in [1.807, 2.05) is 6.92 Å². The van der Waals surface area contributed by atoms with Gasteiger partial charge in [-0.25, -0.2) is 0 Å². The van der Waals surface area contributed by atoms with E-state index in [1.165, 1.54) is 6.07 Å². The van der Waals surface area contributed by atoms with Crippen molar-refractivity contribution < 1.29 is 9.66 Å². The lowest BCUT2D eigenvalue weighted by atomic mass is 10.2. The molecule has 0 radical (unpaired) electrons. The summed E-state index contributed by atoms with van der Waals surface area (Å²) in [5.41, 5.74) is 1.37. The van der Waals surface area contributed by atoms with Gasteiger partial charge in [0.1, 0.15) is 11.5 Å². The molecular weight excluding hydrogens is 258 g/mol. The molecule has 2 aromatic rings. The molecule has 1 aromatic heterocycles. The fourth-order valence-corrected chi connectivity index (χ4v) is 1.81. The Morgan fingerprint density at radius 2 is 2.20 bits per heavy atom. The van der Waals surface area contributed by atoms with Crippen LogP contribution in [0.4, 0.5) is 11.4 Å². The highest BCUT2D eigenvalue weighted by Gasteiger charge is 2.14. The van der Waals surface area contributed by atoms with Gasteiger partial charge >= 0.3 is 0 Å².